The average molecular weight is 371 g/mol. The van der Waals surface area contributed by atoms with Gasteiger partial charge in [-0.25, -0.2) is 0 Å². The van der Waals surface area contributed by atoms with Crippen LogP contribution < -0.4 is 4.74 Å². The van der Waals surface area contributed by atoms with Gasteiger partial charge in [-0.1, -0.05) is 30.3 Å². The standard InChI is InChI=1S/C19H15BrO3/c1-23-18-9-8-13(10-15(18)20)17(22)11-14-6-2-4-12-5-3-7-16(21)19(12)14/h2-10,21H,11H2,1H3. The lowest BCUT2D eigenvalue weighted by atomic mass is 9.97. The third-order valence-electron chi connectivity index (χ3n) is 3.79. The lowest BCUT2D eigenvalue weighted by Crippen LogP contribution is -2.04. The second kappa shape index (κ2) is 6.42. The van der Waals surface area contributed by atoms with Crippen molar-refractivity contribution >= 4 is 32.5 Å². The summed E-state index contributed by atoms with van der Waals surface area (Å²) in [7, 11) is 1.58. The second-order valence-corrected chi connectivity index (χ2v) is 6.10. The van der Waals surface area contributed by atoms with Crippen molar-refractivity contribution in [1.29, 1.82) is 0 Å². The Labute approximate surface area is 142 Å². The van der Waals surface area contributed by atoms with E-state index >= 15 is 0 Å². The molecule has 3 nitrogen and oxygen atoms in total. The summed E-state index contributed by atoms with van der Waals surface area (Å²) in [4.78, 5) is 12.6. The number of methoxy groups -OCH3 is 1. The van der Waals surface area contributed by atoms with Crippen LogP contribution in [-0.4, -0.2) is 18.0 Å². The molecule has 1 N–H and O–H groups in total. The van der Waals surface area contributed by atoms with Crippen molar-refractivity contribution in [3.63, 3.8) is 0 Å². The number of hydrogen-bond donors (Lipinski definition) is 1. The Kier molecular flexibility index (Phi) is 4.35. The molecule has 0 aliphatic carbocycles. The maximum Gasteiger partial charge on any atom is 0.167 e. The Morgan fingerprint density at radius 2 is 1.87 bits per heavy atom. The van der Waals surface area contributed by atoms with Gasteiger partial charge in [0.05, 0.1) is 11.6 Å². The van der Waals surface area contributed by atoms with Crippen molar-refractivity contribution in [2.24, 2.45) is 0 Å². The summed E-state index contributed by atoms with van der Waals surface area (Å²) >= 11 is 3.40. The van der Waals surface area contributed by atoms with Crippen LogP contribution in [0.1, 0.15) is 15.9 Å². The van der Waals surface area contributed by atoms with Crippen LogP contribution in [0.15, 0.2) is 59.1 Å². The molecule has 3 aromatic rings. The molecule has 0 unspecified atom stereocenters. The average Bonchev–Trinajstić information content (AvgIpc) is 2.55. The van der Waals surface area contributed by atoms with E-state index in [-0.39, 0.29) is 18.0 Å². The van der Waals surface area contributed by atoms with E-state index in [1.807, 2.05) is 24.3 Å². The van der Waals surface area contributed by atoms with Gasteiger partial charge in [0.15, 0.2) is 5.78 Å². The molecular formula is C19H15BrO3. The van der Waals surface area contributed by atoms with Crippen LogP contribution in [0.5, 0.6) is 11.5 Å². The Morgan fingerprint density at radius 1 is 1.13 bits per heavy atom. The van der Waals surface area contributed by atoms with Crippen LogP contribution in [0.25, 0.3) is 10.8 Å². The zero-order chi connectivity index (χ0) is 16.4. The van der Waals surface area contributed by atoms with Crippen LogP contribution in [-0.2, 0) is 6.42 Å². The molecule has 116 valence electrons. The first-order valence-electron chi connectivity index (χ1n) is 7.16. The van der Waals surface area contributed by atoms with Crippen molar-refractivity contribution < 1.29 is 14.6 Å². The SMILES string of the molecule is COc1ccc(C(=O)Cc2cccc3cccc(O)c23)cc1Br. The maximum absolute atomic E-state index is 12.6. The van der Waals surface area contributed by atoms with Crippen molar-refractivity contribution in [3.05, 3.63) is 70.2 Å². The minimum absolute atomic E-state index is 0.0101. The number of ketones is 1. The fourth-order valence-corrected chi connectivity index (χ4v) is 3.20. The Hall–Kier alpha value is -2.33. The van der Waals surface area contributed by atoms with Crippen LogP contribution in [0.3, 0.4) is 0 Å². The molecule has 0 saturated heterocycles. The molecule has 23 heavy (non-hydrogen) atoms. The number of ether oxygens (including phenoxy) is 1. The third kappa shape index (κ3) is 3.08. The molecule has 0 heterocycles. The van der Waals surface area contributed by atoms with Crippen molar-refractivity contribution in [1.82, 2.24) is 0 Å². The van der Waals surface area contributed by atoms with Crippen LogP contribution >= 0.6 is 15.9 Å². The zero-order valence-electron chi connectivity index (χ0n) is 12.5. The normalized spacial score (nSPS) is 10.7. The van der Waals surface area contributed by atoms with E-state index in [1.165, 1.54) is 0 Å². The highest BCUT2D eigenvalue weighted by atomic mass is 79.9. The molecule has 3 aromatic carbocycles. The number of Topliss-reactive ketones (excluding diaryl/α,β-unsaturated/α-hetero) is 1. The van der Waals surface area contributed by atoms with E-state index in [0.717, 1.165) is 20.8 Å². The number of fused-ring (bicyclic) bond motifs is 1. The first kappa shape index (κ1) is 15.6. The largest absolute Gasteiger partial charge is 0.507 e. The monoisotopic (exact) mass is 370 g/mol. The number of phenols is 1. The van der Waals surface area contributed by atoms with Gasteiger partial charge in [-0.3, -0.25) is 4.79 Å². The molecule has 0 saturated carbocycles. The van der Waals surface area contributed by atoms with Gasteiger partial charge < -0.3 is 9.84 Å². The Balaban J connectivity index is 1.96. The predicted octanol–water partition coefficient (Wildman–Crippen LogP) is 4.74. The van der Waals surface area contributed by atoms with E-state index in [2.05, 4.69) is 15.9 Å². The van der Waals surface area contributed by atoms with E-state index < -0.39 is 0 Å². The second-order valence-electron chi connectivity index (χ2n) is 5.24. The number of carbonyl (C=O) groups excluding carboxylic acids is 1. The highest BCUT2D eigenvalue weighted by Crippen LogP contribution is 2.30. The number of rotatable bonds is 4. The Bertz CT molecular complexity index is 882. The van der Waals surface area contributed by atoms with Gasteiger partial charge in [-0.15, -0.1) is 0 Å². The predicted molar refractivity (Wildman–Crippen MR) is 94.3 cm³/mol. The molecule has 0 aromatic heterocycles. The third-order valence-corrected chi connectivity index (χ3v) is 4.41. The van der Waals surface area contributed by atoms with E-state index in [4.69, 9.17) is 4.74 Å². The summed E-state index contributed by atoms with van der Waals surface area (Å²) in [5, 5.41) is 11.8. The molecule has 0 radical (unpaired) electrons. The topological polar surface area (TPSA) is 46.5 Å². The molecule has 0 aliphatic rings. The quantitative estimate of drug-likeness (QED) is 0.674. The summed E-state index contributed by atoms with van der Waals surface area (Å²) in [6.45, 7) is 0. The van der Waals surface area contributed by atoms with Crippen LogP contribution in [0.4, 0.5) is 0 Å². The molecule has 0 aliphatic heterocycles. The molecule has 3 rings (SSSR count). The zero-order valence-corrected chi connectivity index (χ0v) is 14.1. The van der Waals surface area contributed by atoms with Gasteiger partial charge in [0, 0.05) is 17.4 Å². The smallest absolute Gasteiger partial charge is 0.167 e. The van der Waals surface area contributed by atoms with Gasteiger partial charge in [0.25, 0.3) is 0 Å². The molecule has 0 bridgehead atoms. The molecule has 0 spiro atoms. The summed E-state index contributed by atoms with van der Waals surface area (Å²) < 4.78 is 5.92. The van der Waals surface area contributed by atoms with Gasteiger partial charge in [-0.05, 0) is 51.1 Å². The van der Waals surface area contributed by atoms with Gasteiger partial charge in [0.1, 0.15) is 11.5 Å². The van der Waals surface area contributed by atoms with Crippen molar-refractivity contribution in [3.8, 4) is 11.5 Å². The first-order chi connectivity index (χ1) is 11.1. The van der Waals surface area contributed by atoms with E-state index in [1.54, 1.807) is 37.4 Å². The minimum atomic E-state index is -0.0101. The molecule has 0 atom stereocenters. The Morgan fingerprint density at radius 3 is 2.57 bits per heavy atom. The van der Waals surface area contributed by atoms with Gasteiger partial charge in [0.2, 0.25) is 0 Å². The number of hydrogen-bond acceptors (Lipinski definition) is 3. The van der Waals surface area contributed by atoms with Gasteiger partial charge in [-0.2, -0.15) is 0 Å². The summed E-state index contributed by atoms with van der Waals surface area (Å²) in [5.74, 6) is 0.871. The number of benzene rings is 3. The van der Waals surface area contributed by atoms with Crippen LogP contribution in [0, 0.1) is 0 Å². The summed E-state index contributed by atoms with van der Waals surface area (Å²) in [5.41, 5.74) is 1.42. The van der Waals surface area contributed by atoms with Crippen molar-refractivity contribution in [2.45, 2.75) is 6.42 Å². The maximum atomic E-state index is 12.6. The molecule has 0 fully saturated rings. The number of carbonyl (C=O) groups is 1. The highest BCUT2D eigenvalue weighted by Gasteiger charge is 2.13. The molecule has 0 amide bonds. The van der Waals surface area contributed by atoms with E-state index in [0.29, 0.717) is 11.3 Å². The van der Waals surface area contributed by atoms with Gasteiger partial charge >= 0.3 is 0 Å². The number of phenolic OH excluding ortho intramolecular Hbond substituents is 1. The summed E-state index contributed by atoms with van der Waals surface area (Å²) in [6.07, 6.45) is 0.230. The minimum Gasteiger partial charge on any atom is -0.507 e. The molecule has 4 heteroatoms. The fourth-order valence-electron chi connectivity index (χ4n) is 2.66. The first-order valence-corrected chi connectivity index (χ1v) is 7.96. The van der Waals surface area contributed by atoms with Crippen LogP contribution in [0.2, 0.25) is 0 Å². The van der Waals surface area contributed by atoms with E-state index in [9.17, 15) is 9.90 Å². The number of halogens is 1. The fraction of sp³-hybridized carbons (Fsp3) is 0.105. The molecular weight excluding hydrogens is 356 g/mol. The summed E-state index contributed by atoms with van der Waals surface area (Å²) in [6, 6.07) is 16.3. The lowest BCUT2D eigenvalue weighted by molar-refractivity contribution is 0.0993. The van der Waals surface area contributed by atoms with Crippen molar-refractivity contribution in [2.75, 3.05) is 7.11 Å². The number of aromatic hydroxyl groups is 1. The lowest BCUT2D eigenvalue weighted by Gasteiger charge is -2.09. The highest BCUT2D eigenvalue weighted by molar-refractivity contribution is 9.10.